The molecule has 7 nitrogen and oxygen atoms in total. The summed E-state index contributed by atoms with van der Waals surface area (Å²) in [6.45, 7) is 28.2. The summed E-state index contributed by atoms with van der Waals surface area (Å²) >= 11 is 0. The van der Waals surface area contributed by atoms with E-state index in [4.69, 9.17) is 23.1 Å². The van der Waals surface area contributed by atoms with Crippen molar-refractivity contribution in [2.45, 2.75) is 161 Å². The van der Waals surface area contributed by atoms with Crippen LogP contribution in [-0.4, -0.2) is 65.7 Å². The number of methoxy groups -OCH3 is 1. The molecule has 1 aliphatic heterocycles. The first-order valence-electron chi connectivity index (χ1n) is 16.7. The number of esters is 2. The van der Waals surface area contributed by atoms with Gasteiger partial charge < -0.3 is 23.1 Å². The van der Waals surface area contributed by atoms with Crippen LogP contribution >= 0.6 is 0 Å². The first kappa shape index (κ1) is 37.2. The Labute approximate surface area is 270 Å². The second-order valence-electron chi connectivity index (χ2n) is 17.0. The number of ether oxygens (including phenoxy) is 3. The van der Waals surface area contributed by atoms with Gasteiger partial charge in [0, 0.05) is 25.9 Å². The number of hydrogen-bond donors (Lipinski definition) is 0. The Balaban J connectivity index is 1.84. The Morgan fingerprint density at radius 2 is 1.52 bits per heavy atom. The number of fused-ring (bicyclic) bond motifs is 1. The monoisotopic (exact) mass is 650 g/mol. The summed E-state index contributed by atoms with van der Waals surface area (Å²) in [7, 11) is -2.54. The molecule has 0 aromatic carbocycles. The van der Waals surface area contributed by atoms with Crippen molar-refractivity contribution in [2.75, 3.05) is 7.11 Å². The van der Waals surface area contributed by atoms with Crippen LogP contribution in [-0.2, 0) is 32.7 Å². The first-order chi connectivity index (χ1) is 20.0. The molecule has 0 spiro atoms. The number of allylic oxidation sites excluding steroid dienone is 2. The van der Waals surface area contributed by atoms with Gasteiger partial charge in [0.1, 0.15) is 12.2 Å². The van der Waals surface area contributed by atoms with E-state index >= 15 is 0 Å². The van der Waals surface area contributed by atoms with E-state index in [0.29, 0.717) is 12.8 Å². The van der Waals surface area contributed by atoms with Crippen LogP contribution in [0.1, 0.15) is 94.4 Å². The molecule has 44 heavy (non-hydrogen) atoms. The van der Waals surface area contributed by atoms with Crippen LogP contribution in [0.4, 0.5) is 0 Å². The van der Waals surface area contributed by atoms with Crippen molar-refractivity contribution in [3.8, 4) is 0 Å². The van der Waals surface area contributed by atoms with Gasteiger partial charge in [-0.05, 0) is 80.4 Å². The van der Waals surface area contributed by atoms with Gasteiger partial charge in [-0.1, -0.05) is 66.7 Å². The normalized spacial score (nSPS) is 30.4. The maximum atomic E-state index is 13.4. The minimum absolute atomic E-state index is 0.0319. The molecule has 0 bridgehead atoms. The number of carbonyl (C=O) groups is 2. The van der Waals surface area contributed by atoms with Crippen LogP contribution in [0, 0.1) is 17.8 Å². The van der Waals surface area contributed by atoms with Crippen LogP contribution < -0.4 is 0 Å². The number of carbonyl (C=O) groups excluding carboxylic acids is 2. The largest absolute Gasteiger partial charge is 0.462 e. The molecule has 9 heteroatoms. The standard InChI is InChI=1S/C35H62O7Si2/c1-23-15-16-24-19-26(41-43(11,12)33(2,3)4)21-29(40-32(37)35(8,9)38-10)31(24)28(23)18-17-25-20-27(22-30(36)39-25)42-44(13,14)34(5,6)7/h15-16,19,23,25-29,31H,17-18,20-22H2,1-14H3/t23?,25-,26?,27-,28?,29?,31?/m1/s1. The molecule has 3 aliphatic rings. The molecule has 1 fully saturated rings. The van der Waals surface area contributed by atoms with Crippen LogP contribution in [0.25, 0.3) is 0 Å². The van der Waals surface area contributed by atoms with Gasteiger partial charge in [-0.3, -0.25) is 4.79 Å². The first-order valence-corrected chi connectivity index (χ1v) is 22.5. The summed E-state index contributed by atoms with van der Waals surface area (Å²) in [6, 6.07) is 0. The fourth-order valence-corrected chi connectivity index (χ4v) is 8.69. The molecule has 1 heterocycles. The molecule has 0 aromatic heterocycles. The Hall–Kier alpha value is -1.27. The molecule has 1 saturated heterocycles. The zero-order valence-corrected chi connectivity index (χ0v) is 32.2. The van der Waals surface area contributed by atoms with Gasteiger partial charge in [0.15, 0.2) is 22.2 Å². The second kappa shape index (κ2) is 13.5. The van der Waals surface area contributed by atoms with Gasteiger partial charge in [0.25, 0.3) is 0 Å². The lowest BCUT2D eigenvalue weighted by Gasteiger charge is -2.46. The highest BCUT2D eigenvalue weighted by Gasteiger charge is 2.47. The predicted molar refractivity (Wildman–Crippen MR) is 181 cm³/mol. The van der Waals surface area contributed by atoms with E-state index in [1.807, 2.05) is 0 Å². The molecule has 0 saturated carbocycles. The third kappa shape index (κ3) is 8.75. The number of hydrogen-bond acceptors (Lipinski definition) is 7. The van der Waals surface area contributed by atoms with Crippen molar-refractivity contribution >= 4 is 28.6 Å². The van der Waals surface area contributed by atoms with Crippen molar-refractivity contribution < 1.29 is 32.7 Å². The van der Waals surface area contributed by atoms with E-state index < -0.39 is 22.2 Å². The van der Waals surface area contributed by atoms with E-state index in [2.05, 4.69) is 92.9 Å². The fraction of sp³-hybridized carbons (Fsp3) is 0.829. The molecule has 2 aliphatic carbocycles. The van der Waals surface area contributed by atoms with Crippen molar-refractivity contribution in [1.82, 2.24) is 0 Å². The van der Waals surface area contributed by atoms with Gasteiger partial charge in [0.2, 0.25) is 0 Å². The highest BCUT2D eigenvalue weighted by Crippen LogP contribution is 2.47. The molecular formula is C35H62O7Si2. The second-order valence-corrected chi connectivity index (χ2v) is 26.5. The van der Waals surface area contributed by atoms with Crippen LogP contribution in [0.2, 0.25) is 36.3 Å². The maximum absolute atomic E-state index is 13.4. The third-order valence-electron chi connectivity index (χ3n) is 11.2. The Morgan fingerprint density at radius 3 is 2.09 bits per heavy atom. The minimum Gasteiger partial charge on any atom is -0.462 e. The van der Waals surface area contributed by atoms with Crippen LogP contribution in [0.15, 0.2) is 23.8 Å². The molecule has 0 amide bonds. The Kier molecular flexibility index (Phi) is 11.4. The SMILES string of the molecule is COC(C)(C)C(=O)OC1CC(O[Si](C)(C)C(C)(C)C)C=C2C=CC(C)C(CC[C@@H]3C[C@@H](O[Si](C)(C)C(C)(C)C)CC(=O)O3)C21. The van der Waals surface area contributed by atoms with Crippen molar-refractivity contribution in [1.29, 1.82) is 0 Å². The highest BCUT2D eigenvalue weighted by molar-refractivity contribution is 6.74. The van der Waals surface area contributed by atoms with Gasteiger partial charge >= 0.3 is 11.9 Å². The van der Waals surface area contributed by atoms with E-state index in [0.717, 1.165) is 19.3 Å². The molecule has 3 rings (SSSR count). The zero-order valence-electron chi connectivity index (χ0n) is 30.2. The highest BCUT2D eigenvalue weighted by atomic mass is 28.4. The van der Waals surface area contributed by atoms with E-state index in [-0.39, 0.29) is 64.2 Å². The van der Waals surface area contributed by atoms with Gasteiger partial charge in [-0.2, -0.15) is 0 Å². The fourth-order valence-electron chi connectivity index (χ4n) is 6.05. The van der Waals surface area contributed by atoms with Gasteiger partial charge in [-0.15, -0.1) is 0 Å². The van der Waals surface area contributed by atoms with Crippen molar-refractivity contribution in [2.24, 2.45) is 17.8 Å². The maximum Gasteiger partial charge on any atom is 0.338 e. The number of cyclic esters (lactones) is 1. The lowest BCUT2D eigenvalue weighted by Crippen LogP contribution is -2.49. The minimum atomic E-state index is -2.06. The topological polar surface area (TPSA) is 80.3 Å². The average molecular weight is 651 g/mol. The predicted octanol–water partition coefficient (Wildman–Crippen LogP) is 8.36. The number of rotatable bonds is 10. The zero-order chi connectivity index (χ0) is 33.5. The van der Waals surface area contributed by atoms with E-state index in [1.165, 1.54) is 5.57 Å². The Morgan fingerprint density at radius 1 is 0.932 bits per heavy atom. The lowest BCUT2D eigenvalue weighted by molar-refractivity contribution is -0.176. The summed E-state index contributed by atoms with van der Waals surface area (Å²) < 4.78 is 31.2. The van der Waals surface area contributed by atoms with Gasteiger partial charge in [-0.25, -0.2) is 4.79 Å². The molecule has 5 unspecified atom stereocenters. The summed E-state index contributed by atoms with van der Waals surface area (Å²) in [4.78, 5) is 26.0. The average Bonchev–Trinajstić information content (AvgIpc) is 2.86. The van der Waals surface area contributed by atoms with E-state index in [9.17, 15) is 9.59 Å². The van der Waals surface area contributed by atoms with Crippen LogP contribution in [0.5, 0.6) is 0 Å². The molecule has 0 aromatic rings. The summed E-state index contributed by atoms with van der Waals surface area (Å²) in [5, 5.41) is 0.142. The van der Waals surface area contributed by atoms with E-state index in [1.54, 1.807) is 21.0 Å². The Bertz CT molecular complexity index is 1100. The third-order valence-corrected chi connectivity index (χ3v) is 20.2. The molecule has 252 valence electrons. The van der Waals surface area contributed by atoms with Gasteiger partial charge in [0.05, 0.1) is 18.6 Å². The molecule has 7 atom stereocenters. The van der Waals surface area contributed by atoms with Crippen LogP contribution in [0.3, 0.4) is 0 Å². The lowest BCUT2D eigenvalue weighted by atomic mass is 9.66. The van der Waals surface area contributed by atoms with Crippen molar-refractivity contribution in [3.63, 3.8) is 0 Å². The quantitative estimate of drug-likeness (QED) is 0.174. The molecule has 0 N–H and O–H groups in total. The summed E-state index contributed by atoms with van der Waals surface area (Å²) in [5.41, 5.74) is 0.133. The smallest absolute Gasteiger partial charge is 0.338 e. The molecular weight excluding hydrogens is 589 g/mol. The summed E-state index contributed by atoms with van der Waals surface area (Å²) in [6.07, 6.45) is 9.28. The molecule has 0 radical (unpaired) electrons. The summed E-state index contributed by atoms with van der Waals surface area (Å²) in [5.74, 6) is 0.0164. The van der Waals surface area contributed by atoms with Crippen molar-refractivity contribution in [3.05, 3.63) is 23.8 Å².